The van der Waals surface area contributed by atoms with Crippen molar-refractivity contribution < 1.29 is 9.53 Å². The minimum Gasteiger partial charge on any atom is -0.448 e. The van der Waals surface area contributed by atoms with Crippen LogP contribution in [0, 0.1) is 17.3 Å². The quantitative estimate of drug-likeness (QED) is 0.282. The van der Waals surface area contributed by atoms with Gasteiger partial charge in [0.05, 0.1) is 0 Å². The van der Waals surface area contributed by atoms with E-state index < -0.39 is 5.97 Å². The van der Waals surface area contributed by atoms with Crippen LogP contribution < -0.4 is 0 Å². The maximum Gasteiger partial charge on any atom is 0.384 e. The highest BCUT2D eigenvalue weighted by molar-refractivity contribution is 5.88. The van der Waals surface area contributed by atoms with Gasteiger partial charge in [-0.25, -0.2) is 4.79 Å². The molecule has 0 aliphatic heterocycles. The first kappa shape index (κ1) is 11.8. The highest BCUT2D eigenvalue weighted by Gasteiger charge is 2.24. The lowest BCUT2D eigenvalue weighted by Gasteiger charge is -2.26. The third-order valence-electron chi connectivity index (χ3n) is 1.53. The van der Waals surface area contributed by atoms with E-state index in [0.717, 1.165) is 0 Å². The second-order valence-electron chi connectivity index (χ2n) is 3.80. The normalized spacial score (nSPS) is 12.3. The summed E-state index contributed by atoms with van der Waals surface area (Å²) in [5.74, 6) is 4.32. The van der Waals surface area contributed by atoms with Crippen molar-refractivity contribution in [3.63, 3.8) is 0 Å². The van der Waals surface area contributed by atoms with E-state index in [1.807, 2.05) is 20.8 Å². The molecule has 0 amide bonds. The molecule has 0 rings (SSSR count). The first-order valence-electron chi connectivity index (χ1n) is 4.17. The molecule has 1 unspecified atom stereocenters. The van der Waals surface area contributed by atoms with Crippen LogP contribution >= 0.6 is 0 Å². The number of hydrogen-bond donors (Lipinski definition) is 0. The van der Waals surface area contributed by atoms with Crippen LogP contribution in [0.3, 0.4) is 0 Å². The standard InChI is InChI=1S/C11H16O2/c1-6-8-10(12)13-9(7-2)11(3,4)5/h7,9H,2H2,1,3-5H3. The van der Waals surface area contributed by atoms with E-state index in [-0.39, 0.29) is 11.5 Å². The molecule has 0 aromatic rings. The lowest BCUT2D eigenvalue weighted by Crippen LogP contribution is -2.29. The third-order valence-corrected chi connectivity index (χ3v) is 1.53. The molecule has 0 aromatic carbocycles. The molecule has 0 spiro atoms. The van der Waals surface area contributed by atoms with Crippen molar-refractivity contribution in [1.82, 2.24) is 0 Å². The highest BCUT2D eigenvalue weighted by atomic mass is 16.5. The van der Waals surface area contributed by atoms with Gasteiger partial charge in [0.25, 0.3) is 0 Å². The summed E-state index contributed by atoms with van der Waals surface area (Å²) in [6, 6.07) is 0. The topological polar surface area (TPSA) is 26.3 Å². The predicted octanol–water partition coefficient (Wildman–Crippen LogP) is 2.15. The number of carbonyl (C=O) groups excluding carboxylic acids is 1. The van der Waals surface area contributed by atoms with Crippen LogP contribution in [0.25, 0.3) is 0 Å². The summed E-state index contributed by atoms with van der Waals surface area (Å²) < 4.78 is 5.07. The molecule has 0 N–H and O–H groups in total. The molecular formula is C11H16O2. The lowest BCUT2D eigenvalue weighted by molar-refractivity contribution is -0.144. The van der Waals surface area contributed by atoms with Crippen molar-refractivity contribution in [2.75, 3.05) is 0 Å². The van der Waals surface area contributed by atoms with E-state index in [0.29, 0.717) is 0 Å². The van der Waals surface area contributed by atoms with Gasteiger partial charge in [-0.15, -0.1) is 0 Å². The summed E-state index contributed by atoms with van der Waals surface area (Å²) >= 11 is 0. The van der Waals surface area contributed by atoms with Gasteiger partial charge >= 0.3 is 5.97 Å². The maximum atomic E-state index is 11.0. The zero-order valence-corrected chi connectivity index (χ0v) is 8.68. The van der Waals surface area contributed by atoms with Crippen molar-refractivity contribution >= 4 is 5.97 Å². The van der Waals surface area contributed by atoms with Crippen molar-refractivity contribution in [2.24, 2.45) is 5.41 Å². The van der Waals surface area contributed by atoms with E-state index in [1.54, 1.807) is 13.0 Å². The second kappa shape index (κ2) is 4.71. The van der Waals surface area contributed by atoms with Crippen molar-refractivity contribution in [3.8, 4) is 11.8 Å². The molecule has 0 heterocycles. The van der Waals surface area contributed by atoms with Crippen LogP contribution in [0.1, 0.15) is 27.7 Å². The predicted molar refractivity (Wildman–Crippen MR) is 53.0 cm³/mol. The van der Waals surface area contributed by atoms with Gasteiger partial charge in [0, 0.05) is 11.3 Å². The fourth-order valence-corrected chi connectivity index (χ4v) is 0.825. The maximum absolute atomic E-state index is 11.0. The Morgan fingerprint density at radius 2 is 2.08 bits per heavy atom. The summed E-state index contributed by atoms with van der Waals surface area (Å²) in [7, 11) is 0. The molecule has 2 nitrogen and oxygen atoms in total. The Hall–Kier alpha value is -1.23. The molecule has 0 saturated heterocycles. The number of hydrogen-bond acceptors (Lipinski definition) is 2. The Morgan fingerprint density at radius 3 is 2.38 bits per heavy atom. The number of carbonyl (C=O) groups is 1. The van der Waals surface area contributed by atoms with Gasteiger partial charge in [-0.05, 0) is 6.92 Å². The van der Waals surface area contributed by atoms with Gasteiger partial charge < -0.3 is 4.74 Å². The summed E-state index contributed by atoms with van der Waals surface area (Å²) in [6.07, 6.45) is 1.33. The van der Waals surface area contributed by atoms with E-state index in [9.17, 15) is 4.79 Å². The zero-order chi connectivity index (χ0) is 10.5. The fourth-order valence-electron chi connectivity index (χ4n) is 0.825. The second-order valence-corrected chi connectivity index (χ2v) is 3.80. The smallest absolute Gasteiger partial charge is 0.384 e. The molecule has 0 aromatic heterocycles. The van der Waals surface area contributed by atoms with Gasteiger partial charge in [-0.1, -0.05) is 39.3 Å². The largest absolute Gasteiger partial charge is 0.448 e. The van der Waals surface area contributed by atoms with Crippen LogP contribution in [-0.2, 0) is 9.53 Å². The molecule has 0 bridgehead atoms. The van der Waals surface area contributed by atoms with Crippen LogP contribution in [-0.4, -0.2) is 12.1 Å². The molecule has 0 radical (unpaired) electrons. The van der Waals surface area contributed by atoms with Crippen LogP contribution in [0.15, 0.2) is 12.7 Å². The van der Waals surface area contributed by atoms with Gasteiger partial charge in [0.15, 0.2) is 0 Å². The Morgan fingerprint density at radius 1 is 1.54 bits per heavy atom. The summed E-state index contributed by atoms with van der Waals surface area (Å²) in [4.78, 5) is 11.0. The highest BCUT2D eigenvalue weighted by Crippen LogP contribution is 2.22. The van der Waals surface area contributed by atoms with E-state index in [2.05, 4.69) is 18.4 Å². The molecule has 1 atom stereocenters. The van der Waals surface area contributed by atoms with Gasteiger partial charge in [-0.3, -0.25) is 0 Å². The summed E-state index contributed by atoms with van der Waals surface area (Å²) in [6.45, 7) is 11.1. The van der Waals surface area contributed by atoms with Crippen molar-refractivity contribution in [1.29, 1.82) is 0 Å². The van der Waals surface area contributed by atoms with Crippen molar-refractivity contribution in [3.05, 3.63) is 12.7 Å². The van der Waals surface area contributed by atoms with Gasteiger partial charge in [0.1, 0.15) is 6.10 Å². The van der Waals surface area contributed by atoms with E-state index in [4.69, 9.17) is 4.74 Å². The molecule has 0 aliphatic rings. The minimum absolute atomic E-state index is 0.132. The first-order chi connectivity index (χ1) is 5.91. The fraction of sp³-hybridized carbons (Fsp3) is 0.545. The Kier molecular flexibility index (Phi) is 4.27. The zero-order valence-electron chi connectivity index (χ0n) is 8.68. The number of esters is 1. The van der Waals surface area contributed by atoms with Crippen molar-refractivity contribution in [2.45, 2.75) is 33.8 Å². The molecular weight excluding hydrogens is 164 g/mol. The number of rotatable bonds is 2. The molecule has 72 valence electrons. The lowest BCUT2D eigenvalue weighted by atomic mass is 9.89. The summed E-state index contributed by atoms with van der Waals surface area (Å²) in [5, 5.41) is 0. The van der Waals surface area contributed by atoms with Gasteiger partial charge in [-0.2, -0.15) is 0 Å². The van der Waals surface area contributed by atoms with Crippen LogP contribution in [0.2, 0.25) is 0 Å². The van der Waals surface area contributed by atoms with Crippen LogP contribution in [0.5, 0.6) is 0 Å². The third kappa shape index (κ3) is 4.37. The first-order valence-corrected chi connectivity index (χ1v) is 4.17. The molecule has 0 fully saturated rings. The molecule has 2 heteroatoms. The van der Waals surface area contributed by atoms with Gasteiger partial charge in [0.2, 0.25) is 0 Å². The number of ether oxygens (including phenoxy) is 1. The minimum atomic E-state index is -0.498. The average Bonchev–Trinajstić information content (AvgIpc) is 1.98. The SMILES string of the molecule is C=CC(OC(=O)C#CC)C(C)(C)C. The molecule has 0 aliphatic carbocycles. The Labute approximate surface area is 80.0 Å². The summed E-state index contributed by atoms with van der Waals surface area (Å²) in [5.41, 5.74) is -0.132. The molecule has 13 heavy (non-hydrogen) atoms. The Bertz CT molecular complexity index is 247. The van der Waals surface area contributed by atoms with E-state index >= 15 is 0 Å². The monoisotopic (exact) mass is 180 g/mol. The molecule has 0 saturated carbocycles. The average molecular weight is 180 g/mol. The Balaban J connectivity index is 4.36. The van der Waals surface area contributed by atoms with Crippen LogP contribution in [0.4, 0.5) is 0 Å². The van der Waals surface area contributed by atoms with E-state index in [1.165, 1.54) is 0 Å².